The first-order valence-corrected chi connectivity index (χ1v) is 4.95. The van der Waals surface area contributed by atoms with Crippen LogP contribution in [0.25, 0.3) is 5.82 Å². The fraction of sp³-hybridized carbons (Fsp3) is 0.300. The summed E-state index contributed by atoms with van der Waals surface area (Å²) in [5, 5.41) is 4.17. The summed E-state index contributed by atoms with van der Waals surface area (Å²) in [4.78, 5) is 8.11. The van der Waals surface area contributed by atoms with E-state index in [2.05, 4.69) is 15.1 Å². The minimum Gasteiger partial charge on any atom is -0.319 e. The molecule has 3 heterocycles. The van der Waals surface area contributed by atoms with E-state index < -0.39 is 0 Å². The van der Waals surface area contributed by atoms with Gasteiger partial charge in [0.05, 0.1) is 12.4 Å². The van der Waals surface area contributed by atoms with E-state index in [0.717, 1.165) is 5.56 Å². The van der Waals surface area contributed by atoms with Crippen molar-refractivity contribution < 1.29 is 9.47 Å². The van der Waals surface area contributed by atoms with Gasteiger partial charge in [0.2, 0.25) is 0 Å². The second-order valence-corrected chi connectivity index (χ2v) is 3.45. The molecule has 3 rings (SSSR count). The molecule has 1 aliphatic rings. The summed E-state index contributed by atoms with van der Waals surface area (Å²) in [6.07, 6.45) is 7.96. The van der Waals surface area contributed by atoms with Crippen molar-refractivity contribution in [1.82, 2.24) is 19.7 Å². The highest BCUT2D eigenvalue weighted by Gasteiger charge is 2.29. The molecule has 0 bridgehead atoms. The average molecular weight is 218 g/mol. The van der Waals surface area contributed by atoms with Crippen LogP contribution in [0.2, 0.25) is 0 Å². The Morgan fingerprint density at radius 3 is 2.81 bits per heavy atom. The molecule has 0 radical (unpaired) electrons. The molecule has 2 aromatic rings. The first-order valence-electron chi connectivity index (χ1n) is 4.95. The highest BCUT2D eigenvalue weighted by Crippen LogP contribution is 2.30. The third kappa shape index (κ3) is 1.58. The molecule has 16 heavy (non-hydrogen) atoms. The van der Waals surface area contributed by atoms with Crippen LogP contribution in [-0.4, -0.2) is 26.0 Å². The van der Waals surface area contributed by atoms with Gasteiger partial charge in [-0.3, -0.25) is 4.98 Å². The smallest absolute Gasteiger partial charge is 0.192 e. The predicted octanol–water partition coefficient (Wildman–Crippen LogP) is 1.05. The lowest BCUT2D eigenvalue weighted by molar-refractivity contribution is -0.382. The van der Waals surface area contributed by atoms with Gasteiger partial charge in [0.1, 0.15) is 0 Å². The zero-order chi connectivity index (χ0) is 11.0. The van der Waals surface area contributed by atoms with Crippen molar-refractivity contribution in [3.8, 4) is 5.82 Å². The predicted molar refractivity (Wildman–Crippen MR) is 53.5 cm³/mol. The molecular formula is C10H10N4O2. The average Bonchev–Trinajstić information content (AvgIpc) is 2.75. The van der Waals surface area contributed by atoms with Gasteiger partial charge in [-0.25, -0.2) is 9.67 Å². The normalized spacial score (nSPS) is 24.1. The molecule has 0 amide bonds. The third-order valence-corrected chi connectivity index (χ3v) is 2.29. The molecule has 6 nitrogen and oxygen atoms in total. The van der Waals surface area contributed by atoms with Crippen LogP contribution in [0.3, 0.4) is 0 Å². The summed E-state index contributed by atoms with van der Waals surface area (Å²) >= 11 is 0. The number of rotatable bonds is 2. The summed E-state index contributed by atoms with van der Waals surface area (Å²) in [6, 6.07) is 0. The SMILES string of the molecule is CC1OC(c2cnn(-c3cnccn3)c2)O1. The Hall–Kier alpha value is -1.79. The second-order valence-electron chi connectivity index (χ2n) is 3.45. The molecule has 0 aliphatic carbocycles. The lowest BCUT2D eigenvalue weighted by Gasteiger charge is -2.32. The van der Waals surface area contributed by atoms with Crippen LogP contribution >= 0.6 is 0 Å². The zero-order valence-corrected chi connectivity index (χ0v) is 8.65. The first kappa shape index (κ1) is 9.44. The summed E-state index contributed by atoms with van der Waals surface area (Å²) in [7, 11) is 0. The van der Waals surface area contributed by atoms with E-state index in [1.165, 1.54) is 0 Å². The Kier molecular flexibility index (Phi) is 2.16. The molecule has 0 atom stereocenters. The van der Waals surface area contributed by atoms with Crippen molar-refractivity contribution in [2.75, 3.05) is 0 Å². The van der Waals surface area contributed by atoms with Crippen LogP contribution in [-0.2, 0) is 9.47 Å². The van der Waals surface area contributed by atoms with Gasteiger partial charge in [0.25, 0.3) is 0 Å². The van der Waals surface area contributed by atoms with Crippen LogP contribution in [0.15, 0.2) is 31.0 Å². The fourth-order valence-electron chi connectivity index (χ4n) is 1.51. The maximum atomic E-state index is 5.36. The van der Waals surface area contributed by atoms with E-state index in [1.54, 1.807) is 29.5 Å². The number of hydrogen-bond donors (Lipinski definition) is 0. The molecule has 0 spiro atoms. The molecule has 1 fully saturated rings. The minimum atomic E-state index is -0.305. The Balaban J connectivity index is 1.83. The number of nitrogens with zero attached hydrogens (tertiary/aromatic N) is 4. The van der Waals surface area contributed by atoms with Crippen LogP contribution in [0.1, 0.15) is 18.8 Å². The second kappa shape index (κ2) is 3.66. The largest absolute Gasteiger partial charge is 0.319 e. The lowest BCUT2D eigenvalue weighted by atomic mass is 10.3. The fourth-order valence-corrected chi connectivity index (χ4v) is 1.51. The Bertz CT molecular complexity index is 479. The zero-order valence-electron chi connectivity index (χ0n) is 8.65. The Morgan fingerprint density at radius 2 is 2.12 bits per heavy atom. The van der Waals surface area contributed by atoms with Gasteiger partial charge in [0, 0.05) is 24.2 Å². The van der Waals surface area contributed by atoms with E-state index in [4.69, 9.17) is 9.47 Å². The molecule has 1 aliphatic heterocycles. The first-order chi connectivity index (χ1) is 7.83. The van der Waals surface area contributed by atoms with Crippen molar-refractivity contribution in [3.05, 3.63) is 36.5 Å². The van der Waals surface area contributed by atoms with Gasteiger partial charge in [-0.15, -0.1) is 0 Å². The van der Waals surface area contributed by atoms with Crippen LogP contribution < -0.4 is 0 Å². The van der Waals surface area contributed by atoms with Crippen molar-refractivity contribution in [1.29, 1.82) is 0 Å². The van der Waals surface area contributed by atoms with Crippen LogP contribution in [0.5, 0.6) is 0 Å². The van der Waals surface area contributed by atoms with E-state index in [0.29, 0.717) is 5.82 Å². The van der Waals surface area contributed by atoms with Crippen molar-refractivity contribution in [2.24, 2.45) is 0 Å². The highest BCUT2D eigenvalue weighted by molar-refractivity contribution is 5.19. The molecule has 0 N–H and O–H groups in total. The topological polar surface area (TPSA) is 62.1 Å². The summed E-state index contributed by atoms with van der Waals surface area (Å²) in [5.74, 6) is 0.668. The highest BCUT2D eigenvalue weighted by atomic mass is 16.9. The molecule has 6 heteroatoms. The molecule has 0 aromatic carbocycles. The van der Waals surface area contributed by atoms with Gasteiger partial charge in [-0.2, -0.15) is 5.10 Å². The van der Waals surface area contributed by atoms with Crippen molar-refractivity contribution in [2.45, 2.75) is 19.5 Å². The molecule has 82 valence electrons. The number of ether oxygens (including phenoxy) is 2. The van der Waals surface area contributed by atoms with Crippen LogP contribution in [0.4, 0.5) is 0 Å². The van der Waals surface area contributed by atoms with Crippen molar-refractivity contribution in [3.63, 3.8) is 0 Å². The van der Waals surface area contributed by atoms with E-state index in [9.17, 15) is 0 Å². The Morgan fingerprint density at radius 1 is 1.25 bits per heavy atom. The van der Waals surface area contributed by atoms with Crippen LogP contribution in [0, 0.1) is 0 Å². The maximum absolute atomic E-state index is 5.36. The van der Waals surface area contributed by atoms with Gasteiger partial charge in [-0.1, -0.05) is 0 Å². The van der Waals surface area contributed by atoms with Crippen molar-refractivity contribution >= 4 is 0 Å². The lowest BCUT2D eigenvalue weighted by Crippen LogP contribution is -2.31. The molecule has 2 aromatic heterocycles. The molecule has 0 unspecified atom stereocenters. The van der Waals surface area contributed by atoms with E-state index in [1.807, 2.05) is 13.1 Å². The standard InChI is InChI=1S/C10H10N4O2/c1-7-15-10(16-7)8-4-13-14(6-8)9-5-11-2-3-12-9/h2-7,10H,1H3. The molecular weight excluding hydrogens is 208 g/mol. The quantitative estimate of drug-likeness (QED) is 0.754. The van der Waals surface area contributed by atoms with E-state index >= 15 is 0 Å². The number of hydrogen-bond acceptors (Lipinski definition) is 5. The summed E-state index contributed by atoms with van der Waals surface area (Å²) < 4.78 is 12.4. The monoisotopic (exact) mass is 218 g/mol. The maximum Gasteiger partial charge on any atom is 0.192 e. The van der Waals surface area contributed by atoms with Gasteiger partial charge in [0.15, 0.2) is 18.4 Å². The van der Waals surface area contributed by atoms with Gasteiger partial charge < -0.3 is 9.47 Å². The third-order valence-electron chi connectivity index (χ3n) is 2.29. The molecule has 0 saturated carbocycles. The van der Waals surface area contributed by atoms with Gasteiger partial charge in [-0.05, 0) is 6.92 Å². The van der Waals surface area contributed by atoms with Gasteiger partial charge >= 0.3 is 0 Å². The molecule has 1 saturated heterocycles. The Labute approximate surface area is 91.9 Å². The minimum absolute atomic E-state index is 0.134. The summed E-state index contributed by atoms with van der Waals surface area (Å²) in [6.45, 7) is 1.85. The number of aromatic nitrogens is 4. The summed E-state index contributed by atoms with van der Waals surface area (Å²) in [5.41, 5.74) is 0.878. The van der Waals surface area contributed by atoms with E-state index in [-0.39, 0.29) is 12.6 Å².